The summed E-state index contributed by atoms with van der Waals surface area (Å²) in [6.45, 7) is 20.1. The predicted octanol–water partition coefficient (Wildman–Crippen LogP) is 6.36. The average Bonchev–Trinajstić information content (AvgIpc) is 2.48. The fourth-order valence-electron chi connectivity index (χ4n) is 2.16. The molecule has 0 aliphatic rings. The smallest absolute Gasteiger partial charge is 0.414 e. The molecule has 5 heteroatoms. The minimum atomic E-state index is -1.81. The third kappa shape index (κ3) is 6.76. The average molecular weight is 380 g/mol. The topological polar surface area (TPSA) is 38.8 Å². The first kappa shape index (κ1) is 22.7. The maximum absolute atomic E-state index is 12.6. The molecule has 0 aliphatic carbocycles. The highest BCUT2D eigenvalue weighted by Crippen LogP contribution is 2.37. The van der Waals surface area contributed by atoms with Crippen LogP contribution in [0, 0.1) is 0 Å². The molecule has 1 amide bonds. The molecule has 1 aromatic rings. The SMILES string of the molecule is CCCN(C(=O)OC(C)(C)C)c1cccc(CO[Si](C)(C)C(C)(C)C)c1. The number of hydrogen-bond acceptors (Lipinski definition) is 3. The van der Waals surface area contributed by atoms with E-state index in [2.05, 4.69) is 46.9 Å². The molecule has 0 aliphatic heterocycles. The first-order valence-corrected chi connectivity index (χ1v) is 12.4. The number of rotatable bonds is 6. The van der Waals surface area contributed by atoms with Crippen molar-refractivity contribution in [2.45, 2.75) is 85.2 Å². The molecule has 0 unspecified atom stereocenters. The Bertz CT molecular complexity index is 600. The Morgan fingerprint density at radius 2 is 1.73 bits per heavy atom. The van der Waals surface area contributed by atoms with Gasteiger partial charge < -0.3 is 9.16 Å². The van der Waals surface area contributed by atoms with Gasteiger partial charge in [-0.05, 0) is 63.0 Å². The number of carbonyl (C=O) groups excluding carboxylic acids is 1. The minimum Gasteiger partial charge on any atom is -0.443 e. The van der Waals surface area contributed by atoms with E-state index in [1.807, 2.05) is 39.0 Å². The summed E-state index contributed by atoms with van der Waals surface area (Å²) in [5.41, 5.74) is 1.43. The van der Waals surface area contributed by atoms with Gasteiger partial charge in [0, 0.05) is 12.2 Å². The highest BCUT2D eigenvalue weighted by atomic mass is 28.4. The van der Waals surface area contributed by atoms with Gasteiger partial charge in [-0.15, -0.1) is 0 Å². The number of carbonyl (C=O) groups is 1. The molecule has 0 N–H and O–H groups in total. The van der Waals surface area contributed by atoms with Crippen molar-refractivity contribution >= 4 is 20.1 Å². The first-order chi connectivity index (χ1) is 11.8. The van der Waals surface area contributed by atoms with Gasteiger partial charge in [0.2, 0.25) is 0 Å². The Morgan fingerprint density at radius 3 is 2.23 bits per heavy atom. The van der Waals surface area contributed by atoms with Gasteiger partial charge in [0.25, 0.3) is 0 Å². The van der Waals surface area contributed by atoms with Crippen LogP contribution < -0.4 is 4.90 Å². The zero-order chi connectivity index (χ0) is 20.2. The summed E-state index contributed by atoms with van der Waals surface area (Å²) >= 11 is 0. The summed E-state index contributed by atoms with van der Waals surface area (Å²) in [6, 6.07) is 8.02. The second kappa shape index (κ2) is 8.57. The lowest BCUT2D eigenvalue weighted by Gasteiger charge is -2.36. The van der Waals surface area contributed by atoms with E-state index in [4.69, 9.17) is 9.16 Å². The van der Waals surface area contributed by atoms with E-state index >= 15 is 0 Å². The summed E-state index contributed by atoms with van der Waals surface area (Å²) in [5.74, 6) is 0. The lowest BCUT2D eigenvalue weighted by Crippen LogP contribution is -2.40. The molecule has 26 heavy (non-hydrogen) atoms. The number of amides is 1. The van der Waals surface area contributed by atoms with Gasteiger partial charge in [-0.3, -0.25) is 4.90 Å². The third-order valence-corrected chi connectivity index (χ3v) is 9.17. The molecule has 4 nitrogen and oxygen atoms in total. The summed E-state index contributed by atoms with van der Waals surface area (Å²) < 4.78 is 11.9. The van der Waals surface area contributed by atoms with Crippen LogP contribution in [-0.4, -0.2) is 26.6 Å². The molecule has 1 aromatic carbocycles. The number of anilines is 1. The third-order valence-electron chi connectivity index (χ3n) is 4.69. The molecule has 0 spiro atoms. The van der Waals surface area contributed by atoms with Crippen molar-refractivity contribution in [1.29, 1.82) is 0 Å². The molecule has 0 bridgehead atoms. The molecule has 0 saturated carbocycles. The highest BCUT2D eigenvalue weighted by molar-refractivity contribution is 6.74. The van der Waals surface area contributed by atoms with Crippen LogP contribution in [0.15, 0.2) is 24.3 Å². The van der Waals surface area contributed by atoms with Crippen molar-refractivity contribution in [3.63, 3.8) is 0 Å². The van der Waals surface area contributed by atoms with Crippen molar-refractivity contribution in [2.75, 3.05) is 11.4 Å². The van der Waals surface area contributed by atoms with E-state index in [0.29, 0.717) is 13.2 Å². The maximum atomic E-state index is 12.6. The largest absolute Gasteiger partial charge is 0.443 e. The monoisotopic (exact) mass is 379 g/mol. The van der Waals surface area contributed by atoms with Gasteiger partial charge in [-0.1, -0.05) is 39.8 Å². The Balaban J connectivity index is 2.96. The Labute approximate surface area is 161 Å². The Hall–Kier alpha value is -1.33. The van der Waals surface area contributed by atoms with Crippen LogP contribution in [0.1, 0.15) is 60.5 Å². The van der Waals surface area contributed by atoms with Gasteiger partial charge in [0.15, 0.2) is 8.32 Å². The fraction of sp³-hybridized carbons (Fsp3) is 0.667. The molecule has 0 aromatic heterocycles. The first-order valence-electron chi connectivity index (χ1n) is 9.50. The Kier molecular flexibility index (Phi) is 7.49. The van der Waals surface area contributed by atoms with Crippen LogP contribution in [0.5, 0.6) is 0 Å². The van der Waals surface area contributed by atoms with E-state index in [1.165, 1.54) is 0 Å². The van der Waals surface area contributed by atoms with E-state index in [0.717, 1.165) is 17.7 Å². The second-order valence-corrected chi connectivity index (χ2v) is 14.2. The van der Waals surface area contributed by atoms with Crippen LogP contribution in [0.4, 0.5) is 10.5 Å². The standard InChI is InChI=1S/C21H37NO3Si/c1-10-14-22(19(23)25-20(2,3)4)18-13-11-12-17(15-18)16-24-26(8,9)21(5,6)7/h11-13,15H,10,14,16H2,1-9H3. The van der Waals surface area contributed by atoms with E-state index in [-0.39, 0.29) is 11.1 Å². The van der Waals surface area contributed by atoms with Crippen molar-refractivity contribution in [3.05, 3.63) is 29.8 Å². The number of benzene rings is 1. The number of nitrogens with zero attached hydrogens (tertiary/aromatic N) is 1. The van der Waals surface area contributed by atoms with Gasteiger partial charge in [-0.25, -0.2) is 4.79 Å². The normalized spacial score (nSPS) is 12.8. The van der Waals surface area contributed by atoms with Crippen molar-refractivity contribution in [3.8, 4) is 0 Å². The lowest BCUT2D eigenvalue weighted by molar-refractivity contribution is 0.0580. The number of hydrogen-bond donors (Lipinski definition) is 0. The summed E-state index contributed by atoms with van der Waals surface area (Å²) in [5, 5.41) is 0.176. The van der Waals surface area contributed by atoms with Crippen LogP contribution in [0.2, 0.25) is 18.1 Å². The predicted molar refractivity (Wildman–Crippen MR) is 112 cm³/mol. The van der Waals surface area contributed by atoms with Crippen LogP contribution in [0.25, 0.3) is 0 Å². The molecule has 0 fully saturated rings. The van der Waals surface area contributed by atoms with E-state index in [1.54, 1.807) is 4.90 Å². The zero-order valence-corrected chi connectivity index (χ0v) is 19.1. The molecular formula is C21H37NO3Si. The number of ether oxygens (including phenoxy) is 1. The van der Waals surface area contributed by atoms with Gasteiger partial charge in [0.05, 0.1) is 6.61 Å². The van der Waals surface area contributed by atoms with Gasteiger partial charge in [-0.2, -0.15) is 0 Å². The summed E-state index contributed by atoms with van der Waals surface area (Å²) in [4.78, 5) is 14.3. The van der Waals surface area contributed by atoms with Crippen molar-refractivity contribution in [1.82, 2.24) is 0 Å². The van der Waals surface area contributed by atoms with Crippen molar-refractivity contribution < 1.29 is 14.0 Å². The molecule has 0 saturated heterocycles. The second-order valence-electron chi connectivity index (χ2n) is 9.35. The summed E-state index contributed by atoms with van der Waals surface area (Å²) in [7, 11) is -1.81. The van der Waals surface area contributed by atoms with Crippen LogP contribution in [-0.2, 0) is 15.8 Å². The fourth-order valence-corrected chi connectivity index (χ4v) is 3.12. The molecule has 0 radical (unpaired) electrons. The molecular weight excluding hydrogens is 342 g/mol. The highest BCUT2D eigenvalue weighted by Gasteiger charge is 2.37. The summed E-state index contributed by atoms with van der Waals surface area (Å²) in [6.07, 6.45) is 0.561. The lowest BCUT2D eigenvalue weighted by atomic mass is 10.2. The van der Waals surface area contributed by atoms with Crippen LogP contribution >= 0.6 is 0 Å². The molecule has 148 valence electrons. The Morgan fingerprint density at radius 1 is 1.12 bits per heavy atom. The zero-order valence-electron chi connectivity index (χ0n) is 18.1. The molecule has 1 rings (SSSR count). The van der Waals surface area contributed by atoms with Gasteiger partial charge >= 0.3 is 6.09 Å². The van der Waals surface area contributed by atoms with Crippen molar-refractivity contribution in [2.24, 2.45) is 0 Å². The van der Waals surface area contributed by atoms with E-state index < -0.39 is 13.9 Å². The van der Waals surface area contributed by atoms with E-state index in [9.17, 15) is 4.79 Å². The minimum absolute atomic E-state index is 0.176. The van der Waals surface area contributed by atoms with Crippen LogP contribution in [0.3, 0.4) is 0 Å². The maximum Gasteiger partial charge on any atom is 0.414 e. The molecule has 0 heterocycles. The van der Waals surface area contributed by atoms with Gasteiger partial charge in [0.1, 0.15) is 5.60 Å². The quantitative estimate of drug-likeness (QED) is 0.540. The molecule has 0 atom stereocenters.